The molecule has 124 valence electrons. The van der Waals surface area contributed by atoms with E-state index >= 15 is 0 Å². The van der Waals surface area contributed by atoms with E-state index in [4.69, 9.17) is 9.47 Å². The summed E-state index contributed by atoms with van der Waals surface area (Å²) >= 11 is 3.55. The number of nitrogens with one attached hydrogen (secondary N) is 1. The van der Waals surface area contributed by atoms with Crippen LogP contribution in [0.3, 0.4) is 0 Å². The van der Waals surface area contributed by atoms with E-state index in [0.717, 1.165) is 21.3 Å². The van der Waals surface area contributed by atoms with Crippen molar-refractivity contribution in [3.8, 4) is 11.5 Å². The van der Waals surface area contributed by atoms with E-state index in [9.17, 15) is 5.11 Å². The summed E-state index contributed by atoms with van der Waals surface area (Å²) in [5.74, 6) is 1.43. The Bertz CT molecular complexity index is 619. The molecule has 0 fully saturated rings. The molecule has 0 aliphatic carbocycles. The molecule has 2 aromatic carbocycles. The highest BCUT2D eigenvalue weighted by molar-refractivity contribution is 9.10. The van der Waals surface area contributed by atoms with Gasteiger partial charge in [0.2, 0.25) is 0 Å². The molecule has 4 nitrogen and oxygen atoms in total. The fraction of sp³-hybridized carbons (Fsp3) is 0.333. The highest BCUT2D eigenvalue weighted by Gasteiger charge is 2.15. The predicted octanol–water partition coefficient (Wildman–Crippen LogP) is 3.68. The van der Waals surface area contributed by atoms with E-state index in [-0.39, 0.29) is 0 Å². The van der Waals surface area contributed by atoms with Crippen LogP contribution in [0.2, 0.25) is 0 Å². The quantitative estimate of drug-likeness (QED) is 0.734. The number of hydrogen-bond acceptors (Lipinski definition) is 4. The van der Waals surface area contributed by atoms with Gasteiger partial charge in [-0.3, -0.25) is 0 Å². The second kappa shape index (κ2) is 8.91. The number of benzene rings is 2. The van der Waals surface area contributed by atoms with Gasteiger partial charge in [0.1, 0.15) is 0 Å². The summed E-state index contributed by atoms with van der Waals surface area (Å²) in [5, 5.41) is 13.5. The van der Waals surface area contributed by atoms with Crippen LogP contribution in [0.5, 0.6) is 11.5 Å². The first-order valence-electron chi connectivity index (χ1n) is 7.59. The van der Waals surface area contributed by atoms with Crippen LogP contribution in [0, 0.1) is 0 Å². The first-order chi connectivity index (χ1) is 11.2. The Labute approximate surface area is 145 Å². The lowest BCUT2D eigenvalue weighted by Crippen LogP contribution is -2.21. The fourth-order valence-corrected chi connectivity index (χ4v) is 2.79. The molecule has 0 aliphatic heterocycles. The molecule has 0 radical (unpaired) electrons. The van der Waals surface area contributed by atoms with Gasteiger partial charge in [-0.15, -0.1) is 0 Å². The third kappa shape index (κ3) is 4.70. The van der Waals surface area contributed by atoms with Gasteiger partial charge in [0, 0.05) is 23.1 Å². The Morgan fingerprint density at radius 3 is 2.57 bits per heavy atom. The summed E-state index contributed by atoms with van der Waals surface area (Å²) in [6.07, 6.45) is -0.545. The van der Waals surface area contributed by atoms with Gasteiger partial charge in [-0.05, 0) is 24.6 Å². The topological polar surface area (TPSA) is 50.7 Å². The van der Waals surface area contributed by atoms with Crippen molar-refractivity contribution in [1.82, 2.24) is 5.32 Å². The van der Waals surface area contributed by atoms with Gasteiger partial charge in [-0.2, -0.15) is 0 Å². The van der Waals surface area contributed by atoms with Crippen LogP contribution in [0.25, 0.3) is 0 Å². The summed E-state index contributed by atoms with van der Waals surface area (Å²) in [6.45, 7) is 3.53. The predicted molar refractivity (Wildman–Crippen MR) is 95.0 cm³/mol. The molecule has 0 saturated heterocycles. The lowest BCUT2D eigenvalue weighted by atomic mass is 10.1. The van der Waals surface area contributed by atoms with E-state index < -0.39 is 6.10 Å². The molecule has 2 N–H and O–H groups in total. The Hall–Kier alpha value is -1.56. The average molecular weight is 380 g/mol. The second-order valence-corrected chi connectivity index (χ2v) is 5.90. The molecule has 0 saturated carbocycles. The van der Waals surface area contributed by atoms with Crippen molar-refractivity contribution < 1.29 is 14.6 Å². The smallest absolute Gasteiger partial charge is 0.166 e. The highest BCUT2D eigenvalue weighted by atomic mass is 79.9. The van der Waals surface area contributed by atoms with Gasteiger partial charge >= 0.3 is 0 Å². The van der Waals surface area contributed by atoms with E-state index in [1.165, 1.54) is 0 Å². The summed E-state index contributed by atoms with van der Waals surface area (Å²) in [6, 6.07) is 13.4. The van der Waals surface area contributed by atoms with E-state index in [2.05, 4.69) is 21.2 Å². The molecule has 0 heterocycles. The molecule has 2 aromatic rings. The molecule has 0 bridgehead atoms. The minimum Gasteiger partial charge on any atom is -0.493 e. The number of aliphatic hydroxyl groups excluding tert-OH is 1. The standard InChI is InChI=1S/C18H22BrNO3/c1-3-23-18-14(15(19)9-10-17(18)22-2)11-20-12-16(21)13-7-5-4-6-8-13/h4-10,16,20-21H,3,11-12H2,1-2H3. The van der Waals surface area contributed by atoms with Crippen molar-refractivity contribution in [3.63, 3.8) is 0 Å². The molecular weight excluding hydrogens is 358 g/mol. The van der Waals surface area contributed by atoms with Crippen LogP contribution in [0.4, 0.5) is 0 Å². The van der Waals surface area contributed by atoms with Crippen LogP contribution < -0.4 is 14.8 Å². The van der Waals surface area contributed by atoms with Crippen LogP contribution >= 0.6 is 15.9 Å². The maximum absolute atomic E-state index is 10.2. The zero-order valence-corrected chi connectivity index (χ0v) is 15.0. The molecule has 0 aromatic heterocycles. The zero-order chi connectivity index (χ0) is 16.7. The number of ether oxygens (including phenoxy) is 2. The molecule has 0 spiro atoms. The minimum atomic E-state index is -0.545. The number of methoxy groups -OCH3 is 1. The third-order valence-corrected chi connectivity index (χ3v) is 4.24. The maximum Gasteiger partial charge on any atom is 0.166 e. The van der Waals surface area contributed by atoms with Crippen molar-refractivity contribution in [2.45, 2.75) is 19.6 Å². The van der Waals surface area contributed by atoms with Crippen molar-refractivity contribution in [2.24, 2.45) is 0 Å². The zero-order valence-electron chi connectivity index (χ0n) is 13.4. The van der Waals surface area contributed by atoms with Crippen LogP contribution in [0.15, 0.2) is 46.9 Å². The number of aliphatic hydroxyl groups is 1. The molecule has 1 atom stereocenters. The van der Waals surface area contributed by atoms with E-state index in [1.54, 1.807) is 7.11 Å². The fourth-order valence-electron chi connectivity index (χ4n) is 2.34. The lowest BCUT2D eigenvalue weighted by molar-refractivity contribution is 0.174. The molecule has 2 rings (SSSR count). The molecular formula is C18H22BrNO3. The van der Waals surface area contributed by atoms with Crippen molar-refractivity contribution in [1.29, 1.82) is 0 Å². The monoisotopic (exact) mass is 379 g/mol. The van der Waals surface area contributed by atoms with Crippen LogP contribution in [0.1, 0.15) is 24.2 Å². The number of halogens is 1. The largest absolute Gasteiger partial charge is 0.493 e. The third-order valence-electron chi connectivity index (χ3n) is 3.50. The Morgan fingerprint density at radius 2 is 1.91 bits per heavy atom. The molecule has 0 amide bonds. The average Bonchev–Trinajstić information content (AvgIpc) is 2.58. The van der Waals surface area contributed by atoms with Crippen molar-refractivity contribution in [3.05, 3.63) is 58.1 Å². The molecule has 0 aliphatic rings. The Kier molecular flexibility index (Phi) is 6.89. The maximum atomic E-state index is 10.2. The lowest BCUT2D eigenvalue weighted by Gasteiger charge is -2.17. The second-order valence-electron chi connectivity index (χ2n) is 5.05. The summed E-state index contributed by atoms with van der Waals surface area (Å²) in [4.78, 5) is 0. The number of hydrogen-bond donors (Lipinski definition) is 2. The first kappa shape index (κ1) is 17.8. The summed E-state index contributed by atoms with van der Waals surface area (Å²) in [7, 11) is 1.63. The summed E-state index contributed by atoms with van der Waals surface area (Å²) < 4.78 is 12.0. The van der Waals surface area contributed by atoms with Crippen molar-refractivity contribution >= 4 is 15.9 Å². The van der Waals surface area contributed by atoms with E-state index in [0.29, 0.717) is 25.4 Å². The molecule has 5 heteroatoms. The Morgan fingerprint density at radius 1 is 1.17 bits per heavy atom. The van der Waals surface area contributed by atoms with Crippen LogP contribution in [-0.4, -0.2) is 25.4 Å². The SMILES string of the molecule is CCOc1c(OC)ccc(Br)c1CNCC(O)c1ccccc1. The first-order valence-corrected chi connectivity index (χ1v) is 8.38. The van der Waals surface area contributed by atoms with Gasteiger partial charge in [-0.1, -0.05) is 46.3 Å². The van der Waals surface area contributed by atoms with E-state index in [1.807, 2.05) is 49.4 Å². The van der Waals surface area contributed by atoms with Crippen molar-refractivity contribution in [2.75, 3.05) is 20.3 Å². The summed E-state index contributed by atoms with van der Waals surface area (Å²) in [5.41, 5.74) is 1.88. The van der Waals surface area contributed by atoms with Gasteiger partial charge in [0.05, 0.1) is 19.8 Å². The van der Waals surface area contributed by atoms with Gasteiger partial charge in [0.25, 0.3) is 0 Å². The molecule has 1 unspecified atom stereocenters. The van der Waals surface area contributed by atoms with Gasteiger partial charge < -0.3 is 19.9 Å². The van der Waals surface area contributed by atoms with Gasteiger partial charge in [0.15, 0.2) is 11.5 Å². The van der Waals surface area contributed by atoms with Gasteiger partial charge in [-0.25, -0.2) is 0 Å². The Balaban J connectivity index is 2.05. The molecule has 23 heavy (non-hydrogen) atoms. The minimum absolute atomic E-state index is 0.458. The van der Waals surface area contributed by atoms with Crippen LogP contribution in [-0.2, 0) is 6.54 Å². The normalized spacial score (nSPS) is 12.0. The highest BCUT2D eigenvalue weighted by Crippen LogP contribution is 2.36. The number of rotatable bonds is 8.